The number of para-hydroxylation sites is 1. The van der Waals surface area contributed by atoms with Crippen LogP contribution in [0.2, 0.25) is 5.02 Å². The molecule has 150 valence electrons. The van der Waals surface area contributed by atoms with Crippen molar-refractivity contribution in [1.29, 1.82) is 0 Å². The SMILES string of the molecule is COC(=O)CN1C(=S)N(C)C(=O)C1=Cc1ccccc1OCc1ccccc1Cl. The maximum Gasteiger partial charge on any atom is 0.325 e. The van der Waals surface area contributed by atoms with Crippen LogP contribution in [0.1, 0.15) is 11.1 Å². The van der Waals surface area contributed by atoms with Crippen LogP contribution >= 0.6 is 23.8 Å². The van der Waals surface area contributed by atoms with Gasteiger partial charge in [0.25, 0.3) is 5.91 Å². The Morgan fingerprint density at radius 1 is 1.17 bits per heavy atom. The minimum atomic E-state index is -0.496. The number of carbonyl (C=O) groups excluding carboxylic acids is 2. The van der Waals surface area contributed by atoms with E-state index < -0.39 is 5.97 Å². The highest BCUT2D eigenvalue weighted by molar-refractivity contribution is 7.80. The molecule has 2 aromatic rings. The van der Waals surface area contributed by atoms with Crippen molar-refractivity contribution in [2.24, 2.45) is 0 Å². The fraction of sp³-hybridized carbons (Fsp3) is 0.190. The summed E-state index contributed by atoms with van der Waals surface area (Å²) in [5.41, 5.74) is 1.80. The second-order valence-corrected chi connectivity index (χ2v) is 7.03. The molecular weight excluding hydrogens is 412 g/mol. The fourth-order valence-corrected chi connectivity index (χ4v) is 3.23. The second-order valence-electron chi connectivity index (χ2n) is 6.26. The average Bonchev–Trinajstić information content (AvgIpc) is 2.92. The second kappa shape index (κ2) is 9.07. The van der Waals surface area contributed by atoms with Gasteiger partial charge in [0, 0.05) is 23.2 Å². The van der Waals surface area contributed by atoms with Crippen LogP contribution in [0.5, 0.6) is 5.75 Å². The molecule has 0 saturated carbocycles. The van der Waals surface area contributed by atoms with Gasteiger partial charge in [0.05, 0.1) is 7.11 Å². The molecule has 0 atom stereocenters. The van der Waals surface area contributed by atoms with Gasteiger partial charge in [-0.3, -0.25) is 14.5 Å². The number of hydrogen-bond acceptors (Lipinski definition) is 5. The number of carbonyl (C=O) groups is 2. The predicted octanol–water partition coefficient (Wildman–Crippen LogP) is 3.49. The summed E-state index contributed by atoms with van der Waals surface area (Å²) in [4.78, 5) is 27.2. The Labute approximate surface area is 179 Å². The van der Waals surface area contributed by atoms with Gasteiger partial charge in [0.15, 0.2) is 5.11 Å². The van der Waals surface area contributed by atoms with Crippen molar-refractivity contribution in [2.75, 3.05) is 20.7 Å². The number of thiocarbonyl (C=S) groups is 1. The molecular formula is C21H19ClN2O4S. The molecule has 1 aliphatic rings. The Morgan fingerprint density at radius 2 is 1.86 bits per heavy atom. The molecule has 1 aliphatic heterocycles. The number of halogens is 1. The van der Waals surface area contributed by atoms with E-state index in [-0.39, 0.29) is 29.9 Å². The van der Waals surface area contributed by atoms with Crippen LogP contribution in [0.3, 0.4) is 0 Å². The highest BCUT2D eigenvalue weighted by Crippen LogP contribution is 2.28. The van der Waals surface area contributed by atoms with Gasteiger partial charge in [0.1, 0.15) is 24.6 Å². The molecule has 1 heterocycles. The lowest BCUT2D eigenvalue weighted by molar-refractivity contribution is -0.140. The van der Waals surface area contributed by atoms with Crippen LogP contribution < -0.4 is 4.74 Å². The molecule has 0 N–H and O–H groups in total. The lowest BCUT2D eigenvalue weighted by Crippen LogP contribution is -2.33. The van der Waals surface area contributed by atoms with E-state index in [2.05, 4.69) is 0 Å². The molecule has 2 aromatic carbocycles. The van der Waals surface area contributed by atoms with E-state index in [1.807, 2.05) is 36.4 Å². The van der Waals surface area contributed by atoms with Gasteiger partial charge in [-0.15, -0.1) is 0 Å². The molecule has 29 heavy (non-hydrogen) atoms. The number of benzene rings is 2. The molecule has 1 saturated heterocycles. The molecule has 0 radical (unpaired) electrons. The largest absolute Gasteiger partial charge is 0.488 e. The van der Waals surface area contributed by atoms with Crippen LogP contribution in [0.15, 0.2) is 54.2 Å². The quantitative estimate of drug-likeness (QED) is 0.397. The Balaban J connectivity index is 1.90. The summed E-state index contributed by atoms with van der Waals surface area (Å²) in [5, 5.41) is 0.853. The van der Waals surface area contributed by atoms with Crippen molar-refractivity contribution in [1.82, 2.24) is 9.80 Å². The van der Waals surface area contributed by atoms with Crippen molar-refractivity contribution < 1.29 is 19.1 Å². The number of rotatable bonds is 6. The Hall–Kier alpha value is -2.90. The van der Waals surface area contributed by atoms with Crippen molar-refractivity contribution in [2.45, 2.75) is 6.61 Å². The third-order valence-electron chi connectivity index (χ3n) is 4.40. The van der Waals surface area contributed by atoms with E-state index in [4.69, 9.17) is 33.3 Å². The average molecular weight is 431 g/mol. The highest BCUT2D eigenvalue weighted by atomic mass is 35.5. The highest BCUT2D eigenvalue weighted by Gasteiger charge is 2.36. The van der Waals surface area contributed by atoms with Crippen LogP contribution in [0.4, 0.5) is 0 Å². The maximum absolute atomic E-state index is 12.7. The van der Waals surface area contributed by atoms with Gasteiger partial charge >= 0.3 is 5.97 Å². The molecule has 3 rings (SSSR count). The summed E-state index contributed by atoms with van der Waals surface area (Å²) < 4.78 is 10.7. The first-order valence-electron chi connectivity index (χ1n) is 8.75. The van der Waals surface area contributed by atoms with E-state index in [1.54, 1.807) is 25.3 Å². The van der Waals surface area contributed by atoms with E-state index in [0.717, 1.165) is 5.56 Å². The van der Waals surface area contributed by atoms with Gasteiger partial charge in [-0.2, -0.15) is 0 Å². The summed E-state index contributed by atoms with van der Waals surface area (Å²) >= 11 is 11.5. The van der Waals surface area contributed by atoms with Crippen LogP contribution in [0.25, 0.3) is 6.08 Å². The lowest BCUT2D eigenvalue weighted by Gasteiger charge is -2.17. The summed E-state index contributed by atoms with van der Waals surface area (Å²) in [5.74, 6) is -0.226. The van der Waals surface area contributed by atoms with E-state index in [0.29, 0.717) is 16.3 Å². The number of methoxy groups -OCH3 is 1. The van der Waals surface area contributed by atoms with Gasteiger partial charge in [-0.1, -0.05) is 48.0 Å². The molecule has 0 bridgehead atoms. The number of amides is 1. The zero-order valence-electron chi connectivity index (χ0n) is 15.9. The topological polar surface area (TPSA) is 59.1 Å². The van der Waals surface area contributed by atoms with Gasteiger partial charge in [-0.05, 0) is 30.4 Å². The number of hydrogen-bond donors (Lipinski definition) is 0. The predicted molar refractivity (Wildman–Crippen MR) is 114 cm³/mol. The fourth-order valence-electron chi connectivity index (χ4n) is 2.79. The first kappa shape index (κ1) is 20.8. The van der Waals surface area contributed by atoms with E-state index in [1.165, 1.54) is 16.9 Å². The Kier molecular flexibility index (Phi) is 6.51. The Morgan fingerprint density at radius 3 is 2.59 bits per heavy atom. The van der Waals surface area contributed by atoms with Crippen molar-refractivity contribution in [3.63, 3.8) is 0 Å². The summed E-state index contributed by atoms with van der Waals surface area (Å²) in [6, 6.07) is 14.7. The Bertz CT molecular complexity index is 992. The van der Waals surface area contributed by atoms with Crippen molar-refractivity contribution >= 4 is 46.9 Å². The van der Waals surface area contributed by atoms with E-state index in [9.17, 15) is 9.59 Å². The maximum atomic E-state index is 12.7. The number of esters is 1. The summed E-state index contributed by atoms with van der Waals surface area (Å²) in [6.07, 6.45) is 1.66. The smallest absolute Gasteiger partial charge is 0.325 e. The van der Waals surface area contributed by atoms with Crippen LogP contribution in [-0.2, 0) is 20.9 Å². The molecule has 0 aromatic heterocycles. The minimum absolute atomic E-state index is 0.153. The van der Waals surface area contributed by atoms with Gasteiger partial charge in [0.2, 0.25) is 0 Å². The van der Waals surface area contributed by atoms with Crippen LogP contribution in [0, 0.1) is 0 Å². The monoisotopic (exact) mass is 430 g/mol. The van der Waals surface area contributed by atoms with Crippen LogP contribution in [-0.4, -0.2) is 47.5 Å². The zero-order chi connectivity index (χ0) is 21.0. The third kappa shape index (κ3) is 4.58. The molecule has 6 nitrogen and oxygen atoms in total. The summed E-state index contributed by atoms with van der Waals surface area (Å²) in [7, 11) is 2.85. The number of nitrogens with zero attached hydrogens (tertiary/aromatic N) is 2. The lowest BCUT2D eigenvalue weighted by atomic mass is 10.1. The van der Waals surface area contributed by atoms with Gasteiger partial charge < -0.3 is 14.4 Å². The van der Waals surface area contributed by atoms with Crippen molar-refractivity contribution in [3.05, 3.63) is 70.4 Å². The molecule has 1 fully saturated rings. The summed E-state index contributed by atoms with van der Waals surface area (Å²) in [6.45, 7) is 0.123. The zero-order valence-corrected chi connectivity index (χ0v) is 17.5. The third-order valence-corrected chi connectivity index (χ3v) is 5.26. The minimum Gasteiger partial charge on any atom is -0.488 e. The normalized spacial score (nSPS) is 15.2. The molecule has 8 heteroatoms. The molecule has 0 aliphatic carbocycles. The first-order chi connectivity index (χ1) is 13.9. The first-order valence-corrected chi connectivity index (χ1v) is 9.54. The molecule has 1 amide bonds. The van der Waals surface area contributed by atoms with E-state index >= 15 is 0 Å². The standard InChI is InChI=1S/C21H19ClN2O4S/c1-23-20(26)17(24(21(23)29)12-19(25)27-2)11-14-7-4-6-10-18(14)28-13-15-8-3-5-9-16(15)22/h3-11H,12-13H2,1-2H3. The molecule has 0 unspecified atom stereocenters. The van der Waals surface area contributed by atoms with Gasteiger partial charge in [-0.25, -0.2) is 0 Å². The van der Waals surface area contributed by atoms with Crippen molar-refractivity contribution in [3.8, 4) is 5.75 Å². The molecule has 0 spiro atoms. The number of likely N-dealkylation sites (N-methyl/N-ethyl adjacent to an activating group) is 1. The number of ether oxygens (including phenoxy) is 2.